The van der Waals surface area contributed by atoms with E-state index in [1.54, 1.807) is 0 Å². The van der Waals surface area contributed by atoms with Crippen molar-refractivity contribution in [2.75, 3.05) is 65.9 Å². The van der Waals surface area contributed by atoms with Gasteiger partial charge in [-0.3, -0.25) is 0 Å². The van der Waals surface area contributed by atoms with Gasteiger partial charge in [-0.1, -0.05) is 30.4 Å². The van der Waals surface area contributed by atoms with Crippen molar-refractivity contribution in [3.05, 3.63) is 60.7 Å². The number of benzene rings is 1. The topological polar surface area (TPSA) is 57.2 Å². The van der Waals surface area contributed by atoms with Crippen LogP contribution in [0.3, 0.4) is 0 Å². The standard InChI is InChI=1S/C25H35N2O5/c1-2-27-23-9-6-7-10-24(23)32-25(27)11-5-3-4-8-12-26-13-15-28-17-19-30-21-22-31-20-18-29-16-14-26/h3-12H,2,13-22H2,1H3/q+1. The van der Waals surface area contributed by atoms with E-state index in [0.717, 1.165) is 36.6 Å². The highest BCUT2D eigenvalue weighted by Crippen LogP contribution is 2.14. The van der Waals surface area contributed by atoms with Crippen molar-refractivity contribution < 1.29 is 27.9 Å². The fourth-order valence-electron chi connectivity index (χ4n) is 3.33. The minimum Gasteiger partial charge on any atom is -0.398 e. The molecule has 0 N–H and O–H groups in total. The Morgan fingerprint density at radius 1 is 0.781 bits per heavy atom. The zero-order chi connectivity index (χ0) is 22.3. The minimum atomic E-state index is 0.591. The van der Waals surface area contributed by atoms with Crippen LogP contribution in [0.5, 0.6) is 0 Å². The summed E-state index contributed by atoms with van der Waals surface area (Å²) in [6.07, 6.45) is 12.1. The summed E-state index contributed by atoms with van der Waals surface area (Å²) in [4.78, 5) is 2.19. The van der Waals surface area contributed by atoms with Crippen LogP contribution in [0.25, 0.3) is 17.2 Å². The molecule has 1 aromatic heterocycles. The average Bonchev–Trinajstić information content (AvgIpc) is 3.17. The van der Waals surface area contributed by atoms with E-state index < -0.39 is 0 Å². The quantitative estimate of drug-likeness (QED) is 0.523. The number of fused-ring (bicyclic) bond motifs is 1. The molecule has 32 heavy (non-hydrogen) atoms. The molecule has 0 bridgehead atoms. The first-order valence-corrected chi connectivity index (χ1v) is 11.4. The highest BCUT2D eigenvalue weighted by atomic mass is 16.6. The van der Waals surface area contributed by atoms with Gasteiger partial charge in [0.05, 0.1) is 58.9 Å². The molecule has 2 aromatic rings. The number of hydrogen-bond donors (Lipinski definition) is 0. The number of oxazole rings is 1. The van der Waals surface area contributed by atoms with Crippen LogP contribution < -0.4 is 4.57 Å². The van der Waals surface area contributed by atoms with Crippen molar-refractivity contribution in [2.24, 2.45) is 0 Å². The van der Waals surface area contributed by atoms with Gasteiger partial charge in [-0.15, -0.1) is 0 Å². The van der Waals surface area contributed by atoms with Crippen LogP contribution in [0.1, 0.15) is 12.8 Å². The van der Waals surface area contributed by atoms with Gasteiger partial charge < -0.3 is 28.3 Å². The normalized spacial score (nSPS) is 18.6. The fraction of sp³-hybridized carbons (Fsp3) is 0.480. The zero-order valence-electron chi connectivity index (χ0n) is 19.0. The van der Waals surface area contributed by atoms with Crippen molar-refractivity contribution in [3.63, 3.8) is 0 Å². The van der Waals surface area contributed by atoms with Gasteiger partial charge in [-0.2, -0.15) is 4.57 Å². The molecule has 0 atom stereocenters. The summed E-state index contributed by atoms with van der Waals surface area (Å²) in [5.41, 5.74) is 2.01. The van der Waals surface area contributed by atoms with E-state index in [-0.39, 0.29) is 0 Å². The SMILES string of the molecule is CC[n+]1c(/C=C/C=C/C=C/N2CCOCCOCCOCCOCC2)oc2ccccc21. The molecule has 7 heteroatoms. The van der Waals surface area contributed by atoms with Crippen molar-refractivity contribution in [1.82, 2.24) is 4.90 Å². The molecule has 1 aromatic carbocycles. The second-order valence-corrected chi connectivity index (χ2v) is 7.22. The van der Waals surface area contributed by atoms with Crippen molar-refractivity contribution in [3.8, 4) is 0 Å². The number of ether oxygens (including phenoxy) is 4. The minimum absolute atomic E-state index is 0.591. The maximum Gasteiger partial charge on any atom is 0.374 e. The second kappa shape index (κ2) is 14.6. The lowest BCUT2D eigenvalue weighted by Gasteiger charge is -2.20. The van der Waals surface area contributed by atoms with Crippen LogP contribution in [0, 0.1) is 0 Å². The molecule has 1 aliphatic rings. The summed E-state index contributed by atoms with van der Waals surface area (Å²) in [6, 6.07) is 8.09. The maximum absolute atomic E-state index is 5.95. The Morgan fingerprint density at radius 2 is 1.38 bits per heavy atom. The molecular formula is C25H35N2O5+. The Bertz CT molecular complexity index is 858. The first kappa shape index (κ1) is 24.2. The molecule has 0 amide bonds. The summed E-state index contributed by atoms with van der Waals surface area (Å²) >= 11 is 0. The van der Waals surface area contributed by atoms with Gasteiger partial charge in [0.2, 0.25) is 5.58 Å². The van der Waals surface area contributed by atoms with E-state index in [9.17, 15) is 0 Å². The van der Waals surface area contributed by atoms with Gasteiger partial charge in [0.25, 0.3) is 5.52 Å². The summed E-state index contributed by atoms with van der Waals surface area (Å²) < 4.78 is 30.3. The molecule has 0 saturated carbocycles. The third kappa shape index (κ3) is 8.24. The van der Waals surface area contributed by atoms with E-state index >= 15 is 0 Å². The second-order valence-electron chi connectivity index (χ2n) is 7.22. The Hall–Kier alpha value is -2.45. The molecular weight excluding hydrogens is 408 g/mol. The van der Waals surface area contributed by atoms with E-state index in [4.69, 9.17) is 23.4 Å². The predicted molar refractivity (Wildman–Crippen MR) is 124 cm³/mol. The largest absolute Gasteiger partial charge is 0.398 e. The van der Waals surface area contributed by atoms with Crippen LogP contribution in [-0.2, 0) is 25.5 Å². The monoisotopic (exact) mass is 443 g/mol. The first-order chi connectivity index (χ1) is 15.9. The summed E-state index contributed by atoms with van der Waals surface area (Å²) in [7, 11) is 0. The fourth-order valence-corrected chi connectivity index (χ4v) is 3.33. The molecule has 174 valence electrons. The van der Waals surface area contributed by atoms with Crippen LogP contribution in [0.2, 0.25) is 0 Å². The summed E-state index contributed by atoms with van der Waals surface area (Å²) in [5, 5.41) is 0. The Kier molecular flexibility index (Phi) is 11.0. The number of hydrogen-bond acceptors (Lipinski definition) is 6. The third-order valence-corrected chi connectivity index (χ3v) is 4.98. The Labute approximate surface area is 190 Å². The van der Waals surface area contributed by atoms with Crippen molar-refractivity contribution in [2.45, 2.75) is 13.5 Å². The van der Waals surface area contributed by atoms with E-state index in [1.807, 2.05) is 48.6 Å². The van der Waals surface area contributed by atoms with Gasteiger partial charge in [-0.25, -0.2) is 0 Å². The predicted octanol–water partition coefficient (Wildman–Crippen LogP) is 3.21. The van der Waals surface area contributed by atoms with E-state index in [1.165, 1.54) is 0 Å². The van der Waals surface area contributed by atoms with Crippen LogP contribution in [-0.4, -0.2) is 70.8 Å². The molecule has 0 aliphatic carbocycles. The zero-order valence-corrected chi connectivity index (χ0v) is 19.0. The number of aromatic nitrogens is 1. The van der Waals surface area contributed by atoms with E-state index in [0.29, 0.717) is 52.9 Å². The smallest absolute Gasteiger partial charge is 0.374 e. The van der Waals surface area contributed by atoms with Crippen molar-refractivity contribution in [1.29, 1.82) is 0 Å². The molecule has 7 nitrogen and oxygen atoms in total. The molecule has 2 heterocycles. The number of rotatable bonds is 5. The Morgan fingerprint density at radius 3 is 2.03 bits per heavy atom. The van der Waals surface area contributed by atoms with Crippen molar-refractivity contribution >= 4 is 17.2 Å². The summed E-state index contributed by atoms with van der Waals surface area (Å²) in [6.45, 7) is 9.43. The van der Waals surface area contributed by atoms with Gasteiger partial charge in [-0.05, 0) is 25.3 Å². The lowest BCUT2D eigenvalue weighted by atomic mass is 10.3. The van der Waals surface area contributed by atoms with Gasteiger partial charge in [0, 0.05) is 19.2 Å². The third-order valence-electron chi connectivity index (χ3n) is 4.98. The van der Waals surface area contributed by atoms with Crippen LogP contribution in [0.4, 0.5) is 0 Å². The maximum atomic E-state index is 5.95. The molecule has 0 spiro atoms. The lowest BCUT2D eigenvalue weighted by Crippen LogP contribution is -2.33. The molecule has 0 unspecified atom stereocenters. The highest BCUT2D eigenvalue weighted by Gasteiger charge is 2.17. The molecule has 0 radical (unpaired) electrons. The van der Waals surface area contributed by atoms with Crippen LogP contribution >= 0.6 is 0 Å². The van der Waals surface area contributed by atoms with Crippen LogP contribution in [0.15, 0.2) is 59.2 Å². The molecule has 1 fully saturated rings. The lowest BCUT2D eigenvalue weighted by molar-refractivity contribution is -0.674. The molecule has 3 rings (SSSR count). The highest BCUT2D eigenvalue weighted by molar-refractivity contribution is 5.69. The average molecular weight is 444 g/mol. The molecule has 1 saturated heterocycles. The van der Waals surface area contributed by atoms with Gasteiger partial charge >= 0.3 is 5.89 Å². The van der Waals surface area contributed by atoms with E-state index in [2.05, 4.69) is 28.7 Å². The first-order valence-electron chi connectivity index (χ1n) is 11.4. The van der Waals surface area contributed by atoms with Gasteiger partial charge in [0.1, 0.15) is 6.54 Å². The molecule has 1 aliphatic heterocycles. The number of para-hydroxylation sites is 2. The number of aryl methyl sites for hydroxylation is 1. The Balaban J connectivity index is 1.50. The summed E-state index contributed by atoms with van der Waals surface area (Å²) in [5.74, 6) is 0.843. The van der Waals surface area contributed by atoms with Gasteiger partial charge in [0.15, 0.2) is 0 Å². The number of allylic oxidation sites excluding steroid dienone is 4. The number of nitrogens with zero attached hydrogens (tertiary/aromatic N) is 2.